The Morgan fingerprint density at radius 2 is 1.79 bits per heavy atom. The molecule has 0 aromatic heterocycles. The summed E-state index contributed by atoms with van der Waals surface area (Å²) in [5, 5.41) is 0. The standard InChI is InChI=1S/C19H28/c1-3-5-9-16-12-14-18(15-13-16)19(4-2)17-10-7-6-8-11-17/h4,12-15,17H,3,5-11H2,1-2H3. The van der Waals surface area contributed by atoms with Gasteiger partial charge < -0.3 is 0 Å². The van der Waals surface area contributed by atoms with Crippen LogP contribution < -0.4 is 0 Å². The van der Waals surface area contributed by atoms with Crippen molar-refractivity contribution in [3.63, 3.8) is 0 Å². The summed E-state index contributed by atoms with van der Waals surface area (Å²) in [7, 11) is 0. The molecule has 0 heteroatoms. The number of allylic oxidation sites excluding steroid dienone is 2. The minimum absolute atomic E-state index is 0.806. The molecule has 0 heterocycles. The lowest BCUT2D eigenvalue weighted by atomic mass is 9.81. The van der Waals surface area contributed by atoms with Crippen LogP contribution in [0.15, 0.2) is 30.3 Å². The van der Waals surface area contributed by atoms with Crippen LogP contribution in [0.5, 0.6) is 0 Å². The van der Waals surface area contributed by atoms with Gasteiger partial charge in [-0.3, -0.25) is 0 Å². The van der Waals surface area contributed by atoms with E-state index in [1.54, 1.807) is 5.57 Å². The van der Waals surface area contributed by atoms with E-state index >= 15 is 0 Å². The van der Waals surface area contributed by atoms with Crippen molar-refractivity contribution in [3.8, 4) is 0 Å². The molecule has 0 aliphatic heterocycles. The summed E-state index contributed by atoms with van der Waals surface area (Å²) in [5.74, 6) is 0.806. The van der Waals surface area contributed by atoms with Crippen LogP contribution in [-0.2, 0) is 6.42 Å². The van der Waals surface area contributed by atoms with Crippen molar-refractivity contribution in [2.45, 2.75) is 65.2 Å². The molecule has 0 bridgehead atoms. The average molecular weight is 256 g/mol. The number of rotatable bonds is 5. The smallest absolute Gasteiger partial charge is 0.0159 e. The molecule has 1 aromatic rings. The summed E-state index contributed by atoms with van der Waals surface area (Å²) in [4.78, 5) is 0. The van der Waals surface area contributed by atoms with Gasteiger partial charge in [0, 0.05) is 0 Å². The highest BCUT2D eigenvalue weighted by Gasteiger charge is 2.18. The summed E-state index contributed by atoms with van der Waals surface area (Å²) in [5.41, 5.74) is 4.53. The van der Waals surface area contributed by atoms with Gasteiger partial charge in [-0.15, -0.1) is 0 Å². The molecular formula is C19H28. The number of hydrogen-bond acceptors (Lipinski definition) is 0. The lowest BCUT2D eigenvalue weighted by Gasteiger charge is -2.25. The normalized spacial score (nSPS) is 17.7. The molecule has 0 radical (unpaired) electrons. The van der Waals surface area contributed by atoms with Gasteiger partial charge in [-0.05, 0) is 55.2 Å². The summed E-state index contributed by atoms with van der Waals surface area (Å²) >= 11 is 0. The van der Waals surface area contributed by atoms with Crippen LogP contribution >= 0.6 is 0 Å². The van der Waals surface area contributed by atoms with Gasteiger partial charge in [0.05, 0.1) is 0 Å². The Morgan fingerprint density at radius 1 is 1.11 bits per heavy atom. The fourth-order valence-electron chi connectivity index (χ4n) is 3.30. The first kappa shape index (κ1) is 14.4. The maximum absolute atomic E-state index is 2.34. The zero-order chi connectivity index (χ0) is 13.5. The van der Waals surface area contributed by atoms with E-state index in [9.17, 15) is 0 Å². The monoisotopic (exact) mass is 256 g/mol. The van der Waals surface area contributed by atoms with Gasteiger partial charge in [0.15, 0.2) is 0 Å². The van der Waals surface area contributed by atoms with Gasteiger partial charge in [0.25, 0.3) is 0 Å². The Bertz CT molecular complexity index is 391. The first-order chi connectivity index (χ1) is 9.35. The molecule has 0 N–H and O–H groups in total. The maximum atomic E-state index is 2.34. The van der Waals surface area contributed by atoms with Crippen molar-refractivity contribution in [3.05, 3.63) is 41.5 Å². The van der Waals surface area contributed by atoms with Crippen LogP contribution in [0.2, 0.25) is 0 Å². The Hall–Kier alpha value is -1.04. The van der Waals surface area contributed by atoms with E-state index in [0.29, 0.717) is 0 Å². The van der Waals surface area contributed by atoms with Crippen LogP contribution in [0.4, 0.5) is 0 Å². The third-order valence-electron chi connectivity index (χ3n) is 4.46. The largest absolute Gasteiger partial charge is 0.0836 e. The predicted octanol–water partition coefficient (Wildman–Crippen LogP) is 6.01. The molecule has 1 fully saturated rings. The summed E-state index contributed by atoms with van der Waals surface area (Å²) < 4.78 is 0. The van der Waals surface area contributed by atoms with Crippen LogP contribution in [0.25, 0.3) is 5.57 Å². The lowest BCUT2D eigenvalue weighted by molar-refractivity contribution is 0.429. The highest BCUT2D eigenvalue weighted by molar-refractivity contribution is 5.67. The van der Waals surface area contributed by atoms with Crippen LogP contribution in [0, 0.1) is 5.92 Å². The Labute approximate surface area is 118 Å². The molecule has 0 spiro atoms. The fourth-order valence-corrected chi connectivity index (χ4v) is 3.30. The second-order valence-corrected chi connectivity index (χ2v) is 5.88. The van der Waals surface area contributed by atoms with Gasteiger partial charge in [-0.1, -0.05) is 62.9 Å². The summed E-state index contributed by atoms with van der Waals surface area (Å²) in [6, 6.07) is 9.35. The topological polar surface area (TPSA) is 0 Å². The van der Waals surface area contributed by atoms with Crippen molar-refractivity contribution in [2.75, 3.05) is 0 Å². The molecule has 0 atom stereocenters. The zero-order valence-corrected chi connectivity index (χ0v) is 12.6. The van der Waals surface area contributed by atoms with Gasteiger partial charge in [-0.2, -0.15) is 0 Å². The lowest BCUT2D eigenvalue weighted by Crippen LogP contribution is -2.08. The molecule has 2 rings (SSSR count). The first-order valence-electron chi connectivity index (χ1n) is 8.10. The number of aryl methyl sites for hydroxylation is 1. The second kappa shape index (κ2) is 7.53. The fraction of sp³-hybridized carbons (Fsp3) is 0.579. The zero-order valence-electron chi connectivity index (χ0n) is 12.6. The molecule has 1 aliphatic rings. The molecule has 1 saturated carbocycles. The van der Waals surface area contributed by atoms with E-state index in [2.05, 4.69) is 44.2 Å². The molecule has 1 aromatic carbocycles. The van der Waals surface area contributed by atoms with Crippen molar-refractivity contribution in [1.29, 1.82) is 0 Å². The first-order valence-corrected chi connectivity index (χ1v) is 8.10. The van der Waals surface area contributed by atoms with Crippen molar-refractivity contribution in [1.82, 2.24) is 0 Å². The summed E-state index contributed by atoms with van der Waals surface area (Å²) in [6.07, 6.45) is 13.2. The van der Waals surface area contributed by atoms with E-state index < -0.39 is 0 Å². The minimum atomic E-state index is 0.806. The SMILES string of the molecule is CC=C(c1ccc(CCCC)cc1)C1CCCCC1. The number of hydrogen-bond donors (Lipinski definition) is 0. The van der Waals surface area contributed by atoms with Gasteiger partial charge in [-0.25, -0.2) is 0 Å². The van der Waals surface area contributed by atoms with E-state index in [-0.39, 0.29) is 0 Å². The molecular weight excluding hydrogens is 228 g/mol. The van der Waals surface area contributed by atoms with Gasteiger partial charge in [0.2, 0.25) is 0 Å². The van der Waals surface area contributed by atoms with Crippen LogP contribution in [0.1, 0.15) is 69.9 Å². The van der Waals surface area contributed by atoms with E-state index in [4.69, 9.17) is 0 Å². The highest BCUT2D eigenvalue weighted by atomic mass is 14.2. The van der Waals surface area contributed by atoms with Crippen LogP contribution in [0.3, 0.4) is 0 Å². The van der Waals surface area contributed by atoms with E-state index in [1.165, 1.54) is 62.5 Å². The molecule has 1 aliphatic carbocycles. The predicted molar refractivity (Wildman–Crippen MR) is 85.3 cm³/mol. The Balaban J connectivity index is 2.06. The Kier molecular flexibility index (Phi) is 5.69. The van der Waals surface area contributed by atoms with Gasteiger partial charge >= 0.3 is 0 Å². The van der Waals surface area contributed by atoms with E-state index in [0.717, 1.165) is 5.92 Å². The highest BCUT2D eigenvalue weighted by Crippen LogP contribution is 2.35. The molecule has 0 unspecified atom stereocenters. The number of benzene rings is 1. The van der Waals surface area contributed by atoms with Crippen LogP contribution in [-0.4, -0.2) is 0 Å². The third-order valence-corrected chi connectivity index (χ3v) is 4.46. The second-order valence-electron chi connectivity index (χ2n) is 5.88. The van der Waals surface area contributed by atoms with Crippen molar-refractivity contribution >= 4 is 5.57 Å². The molecule has 0 amide bonds. The molecule has 0 saturated heterocycles. The maximum Gasteiger partial charge on any atom is -0.0159 e. The molecule has 104 valence electrons. The third kappa shape index (κ3) is 3.96. The minimum Gasteiger partial charge on any atom is -0.0836 e. The number of unbranched alkanes of at least 4 members (excludes halogenated alkanes) is 1. The van der Waals surface area contributed by atoms with Gasteiger partial charge in [0.1, 0.15) is 0 Å². The summed E-state index contributed by atoms with van der Waals surface area (Å²) in [6.45, 7) is 4.46. The quantitative estimate of drug-likeness (QED) is 0.605. The molecule has 19 heavy (non-hydrogen) atoms. The van der Waals surface area contributed by atoms with E-state index in [1.807, 2.05) is 0 Å². The van der Waals surface area contributed by atoms with Crippen molar-refractivity contribution in [2.24, 2.45) is 5.92 Å². The van der Waals surface area contributed by atoms with Crippen molar-refractivity contribution < 1.29 is 0 Å². The Morgan fingerprint density at radius 3 is 2.37 bits per heavy atom. The molecule has 0 nitrogen and oxygen atoms in total. The average Bonchev–Trinajstić information content (AvgIpc) is 2.48.